The van der Waals surface area contributed by atoms with Gasteiger partial charge in [-0.25, -0.2) is 0 Å². The standard InChI is InChI=1S/C19H27ClN2O2/c1-15-4-6-16(7-5-15)8-9-18(23)21-17-10-13-22(14-11-17)19(24)3-2-12-20/h4-7,17H,2-3,8-14H2,1H3,(H,21,23). The van der Waals surface area contributed by atoms with Crippen molar-refractivity contribution in [1.82, 2.24) is 10.2 Å². The molecule has 2 rings (SSSR count). The number of piperidine rings is 1. The van der Waals surface area contributed by atoms with E-state index in [2.05, 4.69) is 36.5 Å². The van der Waals surface area contributed by atoms with Crippen LogP contribution >= 0.6 is 11.6 Å². The fraction of sp³-hybridized carbons (Fsp3) is 0.579. The Kier molecular flexibility index (Phi) is 7.57. The molecule has 1 saturated heterocycles. The van der Waals surface area contributed by atoms with Gasteiger partial charge in [-0.05, 0) is 38.2 Å². The van der Waals surface area contributed by atoms with Gasteiger partial charge in [0.1, 0.15) is 0 Å². The third-order valence-electron chi connectivity index (χ3n) is 4.50. The zero-order valence-electron chi connectivity index (χ0n) is 14.4. The molecule has 132 valence electrons. The van der Waals surface area contributed by atoms with E-state index in [1.54, 1.807) is 0 Å². The fourth-order valence-electron chi connectivity index (χ4n) is 2.96. The van der Waals surface area contributed by atoms with Crippen LogP contribution in [0.15, 0.2) is 24.3 Å². The predicted molar refractivity (Wildman–Crippen MR) is 97.2 cm³/mol. The predicted octanol–water partition coefficient (Wildman–Crippen LogP) is 3.05. The van der Waals surface area contributed by atoms with Crippen molar-refractivity contribution in [2.24, 2.45) is 0 Å². The zero-order chi connectivity index (χ0) is 17.4. The number of nitrogens with one attached hydrogen (secondary N) is 1. The summed E-state index contributed by atoms with van der Waals surface area (Å²) in [5, 5.41) is 3.11. The zero-order valence-corrected chi connectivity index (χ0v) is 15.1. The van der Waals surface area contributed by atoms with Crippen molar-refractivity contribution < 1.29 is 9.59 Å². The number of amides is 2. The first kappa shape index (κ1) is 18.8. The van der Waals surface area contributed by atoms with E-state index in [4.69, 9.17) is 11.6 Å². The van der Waals surface area contributed by atoms with Gasteiger partial charge in [0, 0.05) is 37.9 Å². The molecule has 1 aromatic carbocycles. The Morgan fingerprint density at radius 3 is 2.46 bits per heavy atom. The first-order chi connectivity index (χ1) is 11.6. The molecule has 0 unspecified atom stereocenters. The van der Waals surface area contributed by atoms with E-state index in [-0.39, 0.29) is 17.9 Å². The summed E-state index contributed by atoms with van der Waals surface area (Å²) in [6.07, 6.45) is 4.21. The molecule has 2 amide bonds. The monoisotopic (exact) mass is 350 g/mol. The van der Waals surface area contributed by atoms with Gasteiger partial charge in [0.25, 0.3) is 0 Å². The summed E-state index contributed by atoms with van der Waals surface area (Å²) >= 11 is 5.63. The van der Waals surface area contributed by atoms with Crippen molar-refractivity contribution in [3.05, 3.63) is 35.4 Å². The highest BCUT2D eigenvalue weighted by Gasteiger charge is 2.23. The Hall–Kier alpha value is -1.55. The molecule has 1 N–H and O–H groups in total. The number of halogens is 1. The van der Waals surface area contributed by atoms with E-state index in [0.29, 0.717) is 18.7 Å². The minimum atomic E-state index is 0.0995. The third-order valence-corrected chi connectivity index (χ3v) is 4.77. The molecule has 1 aliphatic rings. The topological polar surface area (TPSA) is 49.4 Å². The number of likely N-dealkylation sites (tertiary alicyclic amines) is 1. The maximum absolute atomic E-state index is 12.1. The van der Waals surface area contributed by atoms with Crippen LogP contribution in [-0.2, 0) is 16.0 Å². The van der Waals surface area contributed by atoms with E-state index < -0.39 is 0 Å². The maximum atomic E-state index is 12.1. The van der Waals surface area contributed by atoms with Gasteiger partial charge in [0.05, 0.1) is 0 Å². The number of alkyl halides is 1. The molecule has 5 heteroatoms. The van der Waals surface area contributed by atoms with Gasteiger partial charge in [-0.2, -0.15) is 0 Å². The minimum absolute atomic E-state index is 0.0995. The van der Waals surface area contributed by atoms with Gasteiger partial charge in [-0.1, -0.05) is 29.8 Å². The molecule has 1 fully saturated rings. The minimum Gasteiger partial charge on any atom is -0.353 e. The molecule has 0 atom stereocenters. The lowest BCUT2D eigenvalue weighted by Crippen LogP contribution is -2.46. The number of rotatable bonds is 7. The van der Waals surface area contributed by atoms with Crippen LogP contribution in [0.5, 0.6) is 0 Å². The highest BCUT2D eigenvalue weighted by molar-refractivity contribution is 6.17. The van der Waals surface area contributed by atoms with Crippen molar-refractivity contribution in [1.29, 1.82) is 0 Å². The third kappa shape index (κ3) is 6.16. The smallest absolute Gasteiger partial charge is 0.222 e. The van der Waals surface area contributed by atoms with Crippen LogP contribution in [0, 0.1) is 6.92 Å². The van der Waals surface area contributed by atoms with Crippen molar-refractivity contribution in [2.75, 3.05) is 19.0 Å². The van der Waals surface area contributed by atoms with Gasteiger partial charge < -0.3 is 10.2 Å². The van der Waals surface area contributed by atoms with E-state index in [0.717, 1.165) is 38.8 Å². The quantitative estimate of drug-likeness (QED) is 0.768. The second kappa shape index (κ2) is 9.67. The molecule has 24 heavy (non-hydrogen) atoms. The van der Waals surface area contributed by atoms with E-state index in [9.17, 15) is 9.59 Å². The van der Waals surface area contributed by atoms with Crippen molar-refractivity contribution in [3.8, 4) is 0 Å². The first-order valence-electron chi connectivity index (χ1n) is 8.77. The summed E-state index contributed by atoms with van der Waals surface area (Å²) in [5.74, 6) is 0.807. The van der Waals surface area contributed by atoms with Crippen LogP contribution < -0.4 is 5.32 Å². The van der Waals surface area contributed by atoms with Crippen LogP contribution in [0.4, 0.5) is 0 Å². The van der Waals surface area contributed by atoms with Crippen molar-refractivity contribution in [2.45, 2.75) is 51.5 Å². The van der Waals surface area contributed by atoms with Gasteiger partial charge in [-0.15, -0.1) is 11.6 Å². The summed E-state index contributed by atoms with van der Waals surface area (Å²) in [5.41, 5.74) is 2.42. The highest BCUT2D eigenvalue weighted by atomic mass is 35.5. The average Bonchev–Trinajstić information content (AvgIpc) is 2.60. The van der Waals surface area contributed by atoms with Crippen LogP contribution in [0.2, 0.25) is 0 Å². The van der Waals surface area contributed by atoms with E-state index in [1.807, 2.05) is 4.90 Å². The summed E-state index contributed by atoms with van der Waals surface area (Å²) in [6, 6.07) is 8.49. The van der Waals surface area contributed by atoms with Crippen LogP contribution in [0.1, 0.15) is 43.2 Å². The van der Waals surface area contributed by atoms with Crippen molar-refractivity contribution >= 4 is 23.4 Å². The Bertz CT molecular complexity index is 537. The molecular weight excluding hydrogens is 324 g/mol. The Labute approximate surface area is 149 Å². The van der Waals surface area contributed by atoms with Crippen LogP contribution in [0.3, 0.4) is 0 Å². The molecule has 0 bridgehead atoms. The first-order valence-corrected chi connectivity index (χ1v) is 9.30. The molecule has 1 aromatic rings. The van der Waals surface area contributed by atoms with E-state index >= 15 is 0 Å². The Balaban J connectivity index is 1.66. The lowest BCUT2D eigenvalue weighted by atomic mass is 10.0. The summed E-state index contributed by atoms with van der Waals surface area (Å²) in [7, 11) is 0. The number of aryl methyl sites for hydroxylation is 2. The van der Waals surface area contributed by atoms with Gasteiger partial charge in [0.15, 0.2) is 0 Å². The van der Waals surface area contributed by atoms with Crippen LogP contribution in [-0.4, -0.2) is 41.7 Å². The number of carbonyl (C=O) groups is 2. The molecule has 0 aliphatic carbocycles. The second-order valence-corrected chi connectivity index (χ2v) is 6.88. The Morgan fingerprint density at radius 2 is 1.83 bits per heavy atom. The van der Waals surface area contributed by atoms with E-state index in [1.165, 1.54) is 11.1 Å². The van der Waals surface area contributed by atoms with Crippen LogP contribution in [0.25, 0.3) is 0 Å². The summed E-state index contributed by atoms with van der Waals surface area (Å²) in [6.45, 7) is 3.51. The lowest BCUT2D eigenvalue weighted by molar-refractivity contribution is -0.132. The van der Waals surface area contributed by atoms with Gasteiger partial charge >= 0.3 is 0 Å². The number of carbonyl (C=O) groups excluding carboxylic acids is 2. The lowest BCUT2D eigenvalue weighted by Gasteiger charge is -2.32. The molecule has 0 spiro atoms. The number of nitrogens with zero attached hydrogens (tertiary/aromatic N) is 1. The van der Waals surface area contributed by atoms with Gasteiger partial charge in [0.2, 0.25) is 11.8 Å². The Morgan fingerprint density at radius 1 is 1.17 bits per heavy atom. The normalized spacial score (nSPS) is 15.3. The fourth-order valence-corrected chi connectivity index (χ4v) is 3.10. The molecule has 0 aromatic heterocycles. The summed E-state index contributed by atoms with van der Waals surface area (Å²) in [4.78, 5) is 25.9. The average molecular weight is 351 g/mol. The number of hydrogen-bond donors (Lipinski definition) is 1. The number of hydrogen-bond acceptors (Lipinski definition) is 2. The molecular formula is C19H27ClN2O2. The second-order valence-electron chi connectivity index (χ2n) is 6.50. The molecule has 1 heterocycles. The van der Waals surface area contributed by atoms with Crippen molar-refractivity contribution in [3.63, 3.8) is 0 Å². The molecule has 0 saturated carbocycles. The molecule has 0 radical (unpaired) electrons. The maximum Gasteiger partial charge on any atom is 0.222 e. The molecule has 1 aliphatic heterocycles. The highest BCUT2D eigenvalue weighted by Crippen LogP contribution is 2.13. The summed E-state index contributed by atoms with van der Waals surface area (Å²) < 4.78 is 0. The van der Waals surface area contributed by atoms with Gasteiger partial charge in [-0.3, -0.25) is 9.59 Å². The number of benzene rings is 1. The largest absolute Gasteiger partial charge is 0.353 e. The molecule has 4 nitrogen and oxygen atoms in total. The SMILES string of the molecule is Cc1ccc(CCC(=O)NC2CCN(C(=O)CCCCl)CC2)cc1.